The number of nitrogens with zero attached hydrogens (tertiary/aromatic N) is 1. The number of hydrogen-bond donors (Lipinski definition) is 2. The van der Waals surface area contributed by atoms with Gasteiger partial charge >= 0.3 is 18.2 Å². The molecule has 126 valence electrons. The Balaban J connectivity index is 2.59. The number of carboxylic acids is 1. The van der Waals surface area contributed by atoms with Crippen molar-refractivity contribution in [2.24, 2.45) is 5.73 Å². The Kier molecular flexibility index (Phi) is 4.70. The molecule has 0 unspecified atom stereocenters. The quantitative estimate of drug-likeness (QED) is 0.859. The molecule has 0 saturated heterocycles. The predicted octanol–water partition coefficient (Wildman–Crippen LogP) is 4.27. The summed E-state index contributed by atoms with van der Waals surface area (Å²) in [6.45, 7) is 0. The highest BCUT2D eigenvalue weighted by atomic mass is 35.5. The summed E-state index contributed by atoms with van der Waals surface area (Å²) in [7, 11) is 0. The lowest BCUT2D eigenvalue weighted by Gasteiger charge is -2.22. The Morgan fingerprint density at radius 1 is 1.08 bits per heavy atom. The van der Waals surface area contributed by atoms with Crippen LogP contribution in [0.3, 0.4) is 0 Å². The van der Waals surface area contributed by atoms with E-state index in [0.717, 1.165) is 17.0 Å². The van der Waals surface area contributed by atoms with Crippen LogP contribution in [-0.4, -0.2) is 17.1 Å². The highest BCUT2D eigenvalue weighted by molar-refractivity contribution is 6.31. The van der Waals surface area contributed by atoms with Gasteiger partial charge in [-0.3, -0.25) is 4.90 Å². The molecule has 0 spiro atoms. The second-order valence-corrected chi connectivity index (χ2v) is 5.10. The van der Waals surface area contributed by atoms with Gasteiger partial charge in [0.1, 0.15) is 0 Å². The van der Waals surface area contributed by atoms with Gasteiger partial charge in [-0.2, -0.15) is 13.2 Å². The first-order valence-corrected chi connectivity index (χ1v) is 6.78. The summed E-state index contributed by atoms with van der Waals surface area (Å²) in [5.41, 5.74) is 3.78. The number of urea groups is 1. The molecule has 24 heavy (non-hydrogen) atoms. The average Bonchev–Trinajstić information content (AvgIpc) is 2.48. The summed E-state index contributed by atoms with van der Waals surface area (Å²) in [5, 5.41) is 8.45. The van der Waals surface area contributed by atoms with Crippen molar-refractivity contribution >= 4 is 35.0 Å². The maximum atomic E-state index is 13.0. The fourth-order valence-corrected chi connectivity index (χ4v) is 2.28. The number of nitrogens with two attached hydrogens (primary N) is 1. The van der Waals surface area contributed by atoms with Gasteiger partial charge in [0, 0.05) is 0 Å². The third kappa shape index (κ3) is 3.60. The Morgan fingerprint density at radius 2 is 1.71 bits per heavy atom. The molecule has 0 heterocycles. The van der Waals surface area contributed by atoms with Gasteiger partial charge in [0.15, 0.2) is 0 Å². The van der Waals surface area contributed by atoms with Crippen LogP contribution in [0.2, 0.25) is 5.02 Å². The molecule has 2 amide bonds. The van der Waals surface area contributed by atoms with E-state index in [2.05, 4.69) is 0 Å². The summed E-state index contributed by atoms with van der Waals surface area (Å²) < 4.78 is 38.9. The number of aromatic carboxylic acids is 1. The van der Waals surface area contributed by atoms with Crippen LogP contribution < -0.4 is 10.6 Å². The molecule has 2 aromatic rings. The van der Waals surface area contributed by atoms with E-state index in [1.807, 2.05) is 0 Å². The summed E-state index contributed by atoms with van der Waals surface area (Å²) in [4.78, 5) is 23.5. The Bertz CT molecular complexity index is 809. The minimum atomic E-state index is -4.72. The highest BCUT2D eigenvalue weighted by Crippen LogP contribution is 2.38. The number of primary amides is 1. The zero-order valence-electron chi connectivity index (χ0n) is 11.8. The molecule has 0 radical (unpaired) electrons. The number of hydrogen-bond acceptors (Lipinski definition) is 2. The first kappa shape index (κ1) is 17.6. The monoisotopic (exact) mass is 358 g/mol. The molecule has 3 N–H and O–H groups in total. The van der Waals surface area contributed by atoms with E-state index in [0.29, 0.717) is 6.07 Å². The minimum Gasteiger partial charge on any atom is -0.478 e. The number of carbonyl (C=O) groups is 2. The van der Waals surface area contributed by atoms with Crippen molar-refractivity contribution < 1.29 is 27.9 Å². The van der Waals surface area contributed by atoms with Gasteiger partial charge in [0.05, 0.1) is 27.5 Å². The SMILES string of the molecule is NC(=O)N(c1cccc(C(=O)O)c1)c1ccc(Cl)c(C(F)(F)F)c1. The number of halogens is 4. The highest BCUT2D eigenvalue weighted by Gasteiger charge is 2.34. The van der Waals surface area contributed by atoms with Crippen molar-refractivity contribution in [1.82, 2.24) is 0 Å². The fourth-order valence-electron chi connectivity index (χ4n) is 2.05. The normalized spacial score (nSPS) is 11.2. The summed E-state index contributed by atoms with van der Waals surface area (Å²) in [6.07, 6.45) is -4.72. The topological polar surface area (TPSA) is 83.6 Å². The molecular formula is C15H10ClF3N2O3. The van der Waals surface area contributed by atoms with E-state index < -0.39 is 28.8 Å². The van der Waals surface area contributed by atoms with Crippen LogP contribution in [0.25, 0.3) is 0 Å². The molecule has 2 aromatic carbocycles. The third-order valence-corrected chi connectivity index (χ3v) is 3.41. The minimum absolute atomic E-state index is 0.0119. The largest absolute Gasteiger partial charge is 0.478 e. The van der Waals surface area contributed by atoms with E-state index >= 15 is 0 Å². The molecule has 0 aliphatic rings. The number of carbonyl (C=O) groups excluding carboxylic acids is 1. The molecule has 9 heteroatoms. The Labute approximate surface area is 139 Å². The second-order valence-electron chi connectivity index (χ2n) is 4.69. The molecule has 0 atom stereocenters. The molecule has 5 nitrogen and oxygen atoms in total. The molecular weight excluding hydrogens is 349 g/mol. The number of carboxylic acid groups (broad SMARTS) is 1. The lowest BCUT2D eigenvalue weighted by molar-refractivity contribution is -0.137. The number of anilines is 2. The van der Waals surface area contributed by atoms with Crippen molar-refractivity contribution in [3.05, 3.63) is 58.6 Å². The maximum absolute atomic E-state index is 13.0. The van der Waals surface area contributed by atoms with E-state index in [1.165, 1.54) is 24.3 Å². The zero-order valence-corrected chi connectivity index (χ0v) is 12.6. The third-order valence-electron chi connectivity index (χ3n) is 3.09. The molecule has 0 aliphatic carbocycles. The van der Waals surface area contributed by atoms with Gasteiger partial charge in [-0.15, -0.1) is 0 Å². The Morgan fingerprint density at radius 3 is 2.25 bits per heavy atom. The van der Waals surface area contributed by atoms with Crippen molar-refractivity contribution in [3.8, 4) is 0 Å². The van der Waals surface area contributed by atoms with Crippen LogP contribution in [0, 0.1) is 0 Å². The van der Waals surface area contributed by atoms with Gasteiger partial charge in [-0.05, 0) is 36.4 Å². The molecule has 0 aliphatic heterocycles. The van der Waals surface area contributed by atoms with Crippen LogP contribution in [0.1, 0.15) is 15.9 Å². The summed E-state index contributed by atoms with van der Waals surface area (Å²) >= 11 is 5.55. The van der Waals surface area contributed by atoms with E-state index in [1.54, 1.807) is 0 Å². The lowest BCUT2D eigenvalue weighted by Crippen LogP contribution is -2.31. The standard InChI is InChI=1S/C15H10ClF3N2O3/c16-12-5-4-10(7-11(12)15(17,18)19)21(14(20)24)9-3-1-2-8(6-9)13(22)23/h1-7H,(H2,20,24)(H,22,23). The smallest absolute Gasteiger partial charge is 0.417 e. The van der Waals surface area contributed by atoms with Crippen LogP contribution in [0.5, 0.6) is 0 Å². The van der Waals surface area contributed by atoms with Gasteiger partial charge in [0.2, 0.25) is 0 Å². The number of rotatable bonds is 3. The lowest BCUT2D eigenvalue weighted by atomic mass is 10.1. The van der Waals surface area contributed by atoms with E-state index in [9.17, 15) is 22.8 Å². The van der Waals surface area contributed by atoms with Crippen LogP contribution in [-0.2, 0) is 6.18 Å². The maximum Gasteiger partial charge on any atom is 0.417 e. The van der Waals surface area contributed by atoms with Crippen LogP contribution in [0.4, 0.5) is 29.3 Å². The van der Waals surface area contributed by atoms with Crippen LogP contribution >= 0.6 is 11.6 Å². The van der Waals surface area contributed by atoms with Gasteiger partial charge in [-0.1, -0.05) is 17.7 Å². The predicted molar refractivity (Wildman–Crippen MR) is 81.6 cm³/mol. The van der Waals surface area contributed by atoms with Crippen LogP contribution in [0.15, 0.2) is 42.5 Å². The number of benzene rings is 2. The van der Waals surface area contributed by atoms with Gasteiger partial charge in [0.25, 0.3) is 0 Å². The average molecular weight is 359 g/mol. The first-order valence-electron chi connectivity index (χ1n) is 6.41. The molecule has 0 aromatic heterocycles. The van der Waals surface area contributed by atoms with E-state index in [4.69, 9.17) is 22.4 Å². The van der Waals surface area contributed by atoms with Crippen molar-refractivity contribution in [2.45, 2.75) is 6.18 Å². The summed E-state index contributed by atoms with van der Waals surface area (Å²) in [5.74, 6) is -1.26. The van der Waals surface area contributed by atoms with Crippen molar-refractivity contribution in [2.75, 3.05) is 4.90 Å². The second kappa shape index (κ2) is 6.40. The fraction of sp³-hybridized carbons (Fsp3) is 0.0667. The molecule has 0 fully saturated rings. The zero-order chi connectivity index (χ0) is 18.1. The molecule has 0 bridgehead atoms. The number of amides is 2. The van der Waals surface area contributed by atoms with Gasteiger partial charge < -0.3 is 10.8 Å². The Hall–Kier alpha value is -2.74. The van der Waals surface area contributed by atoms with Gasteiger partial charge in [-0.25, -0.2) is 9.59 Å². The van der Waals surface area contributed by atoms with Crippen molar-refractivity contribution in [3.63, 3.8) is 0 Å². The molecule has 0 saturated carbocycles. The summed E-state index contributed by atoms with van der Waals surface area (Å²) in [6, 6.07) is 6.83. The first-order chi connectivity index (χ1) is 11.1. The molecule has 2 rings (SSSR count). The van der Waals surface area contributed by atoms with E-state index in [-0.39, 0.29) is 16.9 Å². The van der Waals surface area contributed by atoms with Crippen molar-refractivity contribution in [1.29, 1.82) is 0 Å². The number of alkyl halides is 3.